The maximum Gasteiger partial charge on any atom is 0.163 e. The highest BCUT2D eigenvalue weighted by Crippen LogP contribution is 2.35. The van der Waals surface area contributed by atoms with E-state index in [1.54, 1.807) is 7.11 Å². The Morgan fingerprint density at radius 1 is 0.941 bits per heavy atom. The van der Waals surface area contributed by atoms with Gasteiger partial charge in [0.25, 0.3) is 0 Å². The first-order valence-corrected chi connectivity index (χ1v) is 14.0. The van der Waals surface area contributed by atoms with Crippen LogP contribution < -0.4 is 14.8 Å². The second kappa shape index (κ2) is 13.9. The number of aromatic nitrogens is 2. The van der Waals surface area contributed by atoms with E-state index in [0.29, 0.717) is 18.2 Å². The van der Waals surface area contributed by atoms with Crippen molar-refractivity contribution in [2.24, 2.45) is 0 Å². The first-order chi connectivity index (χ1) is 16.5. The number of nitrogens with zero attached hydrogens (tertiary/aromatic N) is 2. The number of ether oxygens (including phenoxy) is 2. The Hall–Kier alpha value is -1.86. The highest BCUT2D eigenvalue weighted by molar-refractivity contribution is 9.10. The fourth-order valence-electron chi connectivity index (χ4n) is 3.96. The number of alkyl halides is 1. The summed E-state index contributed by atoms with van der Waals surface area (Å²) in [4.78, 5) is 9.35. The Morgan fingerprint density at radius 2 is 1.68 bits per heavy atom. The normalized spacial score (nSPS) is 12.0. The molecule has 0 spiro atoms. The molecule has 7 heteroatoms. The molecule has 1 atom stereocenters. The Bertz CT molecular complexity index is 1060. The van der Waals surface area contributed by atoms with Gasteiger partial charge in [-0.2, -0.15) is 0 Å². The van der Waals surface area contributed by atoms with Gasteiger partial charge in [-0.25, -0.2) is 9.97 Å². The van der Waals surface area contributed by atoms with Gasteiger partial charge in [0.2, 0.25) is 0 Å². The van der Waals surface area contributed by atoms with Crippen molar-refractivity contribution < 1.29 is 9.47 Å². The third-order valence-electron chi connectivity index (χ3n) is 5.83. The van der Waals surface area contributed by atoms with E-state index in [1.807, 2.05) is 31.2 Å². The van der Waals surface area contributed by atoms with E-state index in [1.165, 1.54) is 44.1 Å². The van der Waals surface area contributed by atoms with E-state index in [-0.39, 0.29) is 6.04 Å². The molecule has 0 aliphatic carbocycles. The molecule has 0 radical (unpaired) electrons. The molecule has 0 saturated heterocycles. The lowest BCUT2D eigenvalue weighted by Gasteiger charge is -2.18. The van der Waals surface area contributed by atoms with Crippen molar-refractivity contribution in [3.63, 3.8) is 0 Å². The number of halogens is 2. The van der Waals surface area contributed by atoms with Crippen LogP contribution in [-0.2, 0) is 0 Å². The van der Waals surface area contributed by atoms with Crippen molar-refractivity contribution in [1.82, 2.24) is 9.97 Å². The number of anilines is 1. The quantitative estimate of drug-likeness (QED) is 0.150. The molecule has 1 aromatic heterocycles. The average molecular weight is 593 g/mol. The number of aryl methyl sites for hydroxylation is 1. The summed E-state index contributed by atoms with van der Waals surface area (Å²) in [5.41, 5.74) is 2.02. The summed E-state index contributed by atoms with van der Waals surface area (Å²) in [5.74, 6) is 2.94. The minimum absolute atomic E-state index is 0.0800. The van der Waals surface area contributed by atoms with E-state index in [9.17, 15) is 0 Å². The van der Waals surface area contributed by atoms with Gasteiger partial charge in [-0.3, -0.25) is 0 Å². The predicted octanol–water partition coefficient (Wildman–Crippen LogP) is 8.39. The second-order valence-electron chi connectivity index (χ2n) is 8.57. The van der Waals surface area contributed by atoms with Crippen LogP contribution in [0.4, 0.5) is 5.82 Å². The zero-order chi connectivity index (χ0) is 24.3. The lowest BCUT2D eigenvalue weighted by molar-refractivity contribution is 0.285. The summed E-state index contributed by atoms with van der Waals surface area (Å²) in [6, 6.07) is 12.3. The summed E-state index contributed by atoms with van der Waals surface area (Å²) >= 11 is 7.05. The topological polar surface area (TPSA) is 56.3 Å². The maximum absolute atomic E-state index is 6.11. The Kier molecular flexibility index (Phi) is 10.9. The fraction of sp³-hybridized carbons (Fsp3) is 0.481. The number of fused-ring (bicyclic) bond motifs is 1. The summed E-state index contributed by atoms with van der Waals surface area (Å²) in [6.07, 6.45) is 8.70. The Balaban J connectivity index is 1.67. The van der Waals surface area contributed by atoms with Crippen LogP contribution >= 0.6 is 31.9 Å². The van der Waals surface area contributed by atoms with Gasteiger partial charge in [0.05, 0.1) is 25.3 Å². The number of unbranched alkanes of at least 4 members (excludes halogenated alkanes) is 6. The third kappa shape index (κ3) is 7.84. The number of nitrogens with one attached hydrogen (secondary N) is 1. The standard InChI is InChI=1S/C27H35Br2N3O2/c1-19(21-12-11-13-22(29)16-21)30-27-23-17-25(33-3)26(18-24(23)31-20(2)32-27)34-15-10-8-6-4-5-7-9-14-28/h11-13,16-19H,4-10,14-15H2,1-3H3,(H,30,31,32)/t19-/m1/s1. The molecule has 3 rings (SSSR count). The van der Waals surface area contributed by atoms with Gasteiger partial charge < -0.3 is 14.8 Å². The molecule has 1 heterocycles. The van der Waals surface area contributed by atoms with Crippen LogP contribution in [0.15, 0.2) is 40.9 Å². The van der Waals surface area contributed by atoms with Gasteiger partial charge in [-0.05, 0) is 50.5 Å². The van der Waals surface area contributed by atoms with Crippen molar-refractivity contribution >= 4 is 48.6 Å². The zero-order valence-corrected chi connectivity index (χ0v) is 23.5. The van der Waals surface area contributed by atoms with Crippen molar-refractivity contribution in [1.29, 1.82) is 0 Å². The van der Waals surface area contributed by atoms with Crippen LogP contribution in [0, 0.1) is 6.92 Å². The fourth-order valence-corrected chi connectivity index (χ4v) is 4.78. The molecule has 2 aromatic carbocycles. The third-order valence-corrected chi connectivity index (χ3v) is 6.88. The molecule has 3 aromatic rings. The molecule has 184 valence electrons. The smallest absolute Gasteiger partial charge is 0.163 e. The Labute approximate surface area is 220 Å². The molecule has 5 nitrogen and oxygen atoms in total. The van der Waals surface area contributed by atoms with Crippen LogP contribution in [0.3, 0.4) is 0 Å². The molecule has 0 fully saturated rings. The molecular weight excluding hydrogens is 558 g/mol. The van der Waals surface area contributed by atoms with Crippen LogP contribution in [-0.4, -0.2) is 29.0 Å². The van der Waals surface area contributed by atoms with E-state index in [4.69, 9.17) is 9.47 Å². The molecular formula is C27H35Br2N3O2. The summed E-state index contributed by atoms with van der Waals surface area (Å²) in [5, 5.41) is 5.58. The predicted molar refractivity (Wildman–Crippen MR) is 149 cm³/mol. The highest BCUT2D eigenvalue weighted by atomic mass is 79.9. The SMILES string of the molecule is COc1cc2c(N[C@H](C)c3cccc(Br)c3)nc(C)nc2cc1OCCCCCCCCCBr. The number of hydrogen-bond donors (Lipinski definition) is 1. The lowest BCUT2D eigenvalue weighted by Crippen LogP contribution is -2.10. The lowest BCUT2D eigenvalue weighted by atomic mass is 10.1. The van der Waals surface area contributed by atoms with Crippen LogP contribution in [0.1, 0.15) is 69.3 Å². The first kappa shape index (κ1) is 26.7. The highest BCUT2D eigenvalue weighted by Gasteiger charge is 2.15. The second-order valence-corrected chi connectivity index (χ2v) is 10.3. The van der Waals surface area contributed by atoms with Crippen LogP contribution in [0.2, 0.25) is 0 Å². The number of methoxy groups -OCH3 is 1. The summed E-state index contributed by atoms with van der Waals surface area (Å²) in [7, 11) is 1.67. The minimum Gasteiger partial charge on any atom is -0.493 e. The van der Waals surface area contributed by atoms with Gasteiger partial charge in [-0.15, -0.1) is 0 Å². The van der Waals surface area contributed by atoms with Gasteiger partial charge in [0.1, 0.15) is 11.6 Å². The minimum atomic E-state index is 0.0800. The number of rotatable bonds is 14. The van der Waals surface area contributed by atoms with Gasteiger partial charge in [0.15, 0.2) is 11.5 Å². The molecule has 34 heavy (non-hydrogen) atoms. The number of hydrogen-bond acceptors (Lipinski definition) is 5. The molecule has 0 aliphatic rings. The van der Waals surface area contributed by atoms with E-state index in [0.717, 1.165) is 38.7 Å². The van der Waals surface area contributed by atoms with Crippen molar-refractivity contribution in [3.8, 4) is 11.5 Å². The summed E-state index contributed by atoms with van der Waals surface area (Å²) < 4.78 is 12.8. The molecule has 0 unspecified atom stereocenters. The largest absolute Gasteiger partial charge is 0.493 e. The zero-order valence-electron chi connectivity index (χ0n) is 20.4. The van der Waals surface area contributed by atoms with Gasteiger partial charge in [0, 0.05) is 21.3 Å². The molecule has 0 amide bonds. The molecule has 0 aliphatic heterocycles. The molecule has 1 N–H and O–H groups in total. The van der Waals surface area contributed by atoms with E-state index >= 15 is 0 Å². The van der Waals surface area contributed by atoms with Crippen LogP contribution in [0.5, 0.6) is 11.5 Å². The van der Waals surface area contributed by atoms with E-state index in [2.05, 4.69) is 66.2 Å². The van der Waals surface area contributed by atoms with Crippen molar-refractivity contribution in [3.05, 3.63) is 52.3 Å². The van der Waals surface area contributed by atoms with Crippen LogP contribution in [0.25, 0.3) is 10.9 Å². The van der Waals surface area contributed by atoms with Crippen molar-refractivity contribution in [2.45, 2.75) is 64.8 Å². The van der Waals surface area contributed by atoms with Gasteiger partial charge in [-0.1, -0.05) is 76.1 Å². The summed E-state index contributed by atoms with van der Waals surface area (Å²) in [6.45, 7) is 4.72. The first-order valence-electron chi connectivity index (χ1n) is 12.1. The van der Waals surface area contributed by atoms with Crippen molar-refractivity contribution in [2.75, 3.05) is 24.4 Å². The average Bonchev–Trinajstić information content (AvgIpc) is 2.82. The molecule has 0 bridgehead atoms. The molecule has 0 saturated carbocycles. The van der Waals surface area contributed by atoms with Gasteiger partial charge >= 0.3 is 0 Å². The number of benzene rings is 2. The monoisotopic (exact) mass is 591 g/mol. The van der Waals surface area contributed by atoms with E-state index < -0.39 is 0 Å². The maximum atomic E-state index is 6.11. The Morgan fingerprint density at radius 3 is 2.38 bits per heavy atom.